The number of carbonyl (C=O) groups is 3. The van der Waals surface area contributed by atoms with Gasteiger partial charge in [0.15, 0.2) is 0 Å². The zero-order valence-electron chi connectivity index (χ0n) is 23.9. The standard InChI is InChI=1S/C31H44N4O5/c1-22-10-12-23(13-11-22)7-6-9-26-27(30(37)34-39)8-4-5-20-40-25-16-14-24(15-17-25)21-28(33-29(26)36)31(38)32-18-19-35(2)3/h10-17,26-28,39H,4-9,18-21H2,1-3H3,(H,32,38)(H,33,36)(H,34,37)/t26-,27+,28+/m1/s1. The van der Waals surface area contributed by atoms with E-state index in [1.54, 1.807) is 5.48 Å². The fourth-order valence-corrected chi connectivity index (χ4v) is 5.02. The molecule has 0 aromatic heterocycles. The quantitative estimate of drug-likeness (QED) is 0.281. The van der Waals surface area contributed by atoms with E-state index in [9.17, 15) is 19.6 Å². The van der Waals surface area contributed by atoms with Crippen LogP contribution >= 0.6 is 0 Å². The van der Waals surface area contributed by atoms with Crippen molar-refractivity contribution in [2.75, 3.05) is 33.8 Å². The second kappa shape index (κ2) is 16.0. The molecule has 3 atom stereocenters. The van der Waals surface area contributed by atoms with Crippen LogP contribution < -0.4 is 20.9 Å². The first kappa shape index (κ1) is 31.1. The third-order valence-electron chi connectivity index (χ3n) is 7.40. The molecular formula is C31H44N4O5. The van der Waals surface area contributed by atoms with Crippen molar-refractivity contribution in [3.05, 3.63) is 65.2 Å². The molecule has 9 heteroatoms. The summed E-state index contributed by atoms with van der Waals surface area (Å²) in [7, 11) is 3.85. The third-order valence-corrected chi connectivity index (χ3v) is 7.40. The maximum atomic E-state index is 13.8. The molecular weight excluding hydrogens is 508 g/mol. The fraction of sp³-hybridized carbons (Fsp3) is 0.516. The van der Waals surface area contributed by atoms with E-state index >= 15 is 0 Å². The fourth-order valence-electron chi connectivity index (χ4n) is 5.02. The topological polar surface area (TPSA) is 120 Å². The number of aryl methyl sites for hydroxylation is 2. The number of hydroxylamine groups is 1. The molecule has 0 saturated carbocycles. The number of amides is 3. The molecule has 0 saturated heterocycles. The number of carbonyl (C=O) groups excluding carboxylic acids is 3. The van der Waals surface area contributed by atoms with E-state index in [1.165, 1.54) is 5.56 Å². The van der Waals surface area contributed by atoms with Crippen LogP contribution in [0.1, 0.15) is 48.8 Å². The maximum absolute atomic E-state index is 13.8. The first-order chi connectivity index (χ1) is 19.3. The van der Waals surface area contributed by atoms with E-state index in [0.717, 1.165) is 23.3 Å². The molecule has 4 N–H and O–H groups in total. The minimum absolute atomic E-state index is 0.276. The van der Waals surface area contributed by atoms with Gasteiger partial charge in [-0.3, -0.25) is 19.6 Å². The van der Waals surface area contributed by atoms with Crippen LogP contribution in [0.4, 0.5) is 0 Å². The van der Waals surface area contributed by atoms with Gasteiger partial charge in [0, 0.05) is 25.4 Å². The highest BCUT2D eigenvalue weighted by atomic mass is 16.5. The molecule has 2 aromatic rings. The van der Waals surface area contributed by atoms with Crippen molar-refractivity contribution in [1.29, 1.82) is 0 Å². The maximum Gasteiger partial charge on any atom is 0.247 e. The SMILES string of the molecule is Cc1ccc(CCC[C@H]2C(=O)N[C@H](C(=O)NCCN(C)C)Cc3ccc(cc3)OCCCC[C@@H]2C(=O)NO)cc1. The number of likely N-dealkylation sites (N-methyl/N-ethyl adjacent to an activating group) is 1. The first-order valence-corrected chi connectivity index (χ1v) is 14.2. The molecule has 4 rings (SSSR count). The molecule has 0 unspecified atom stereocenters. The van der Waals surface area contributed by atoms with Gasteiger partial charge in [-0.25, -0.2) is 5.48 Å². The van der Waals surface area contributed by atoms with E-state index in [-0.39, 0.29) is 11.8 Å². The average Bonchev–Trinajstić information content (AvgIpc) is 2.94. The number of nitrogens with zero attached hydrogens (tertiary/aromatic N) is 1. The predicted octanol–water partition coefficient (Wildman–Crippen LogP) is 3.02. The number of rotatable bonds is 9. The highest BCUT2D eigenvalue weighted by Gasteiger charge is 2.35. The van der Waals surface area contributed by atoms with Gasteiger partial charge in [0.1, 0.15) is 11.8 Å². The zero-order valence-corrected chi connectivity index (χ0v) is 23.9. The molecule has 2 aliphatic heterocycles. The lowest BCUT2D eigenvalue weighted by atomic mass is 9.82. The lowest BCUT2D eigenvalue weighted by molar-refractivity contribution is -0.141. The van der Waals surface area contributed by atoms with Gasteiger partial charge in [-0.1, -0.05) is 42.0 Å². The van der Waals surface area contributed by atoms with Crippen molar-refractivity contribution in [3.8, 4) is 5.75 Å². The molecule has 2 aromatic carbocycles. The molecule has 9 nitrogen and oxygen atoms in total. The lowest BCUT2D eigenvalue weighted by Gasteiger charge is -2.27. The van der Waals surface area contributed by atoms with E-state index in [2.05, 4.69) is 34.9 Å². The van der Waals surface area contributed by atoms with Gasteiger partial charge in [0.25, 0.3) is 0 Å². The van der Waals surface area contributed by atoms with Gasteiger partial charge in [-0.05, 0) is 82.8 Å². The first-order valence-electron chi connectivity index (χ1n) is 14.2. The summed E-state index contributed by atoms with van der Waals surface area (Å²) in [4.78, 5) is 41.9. The van der Waals surface area contributed by atoms with Gasteiger partial charge in [-0.15, -0.1) is 0 Å². The van der Waals surface area contributed by atoms with E-state index in [0.29, 0.717) is 58.2 Å². The van der Waals surface area contributed by atoms with E-state index < -0.39 is 23.8 Å². The second-order valence-electron chi connectivity index (χ2n) is 10.9. The number of ether oxygens (including phenoxy) is 1. The number of benzene rings is 2. The summed E-state index contributed by atoms with van der Waals surface area (Å²) in [6.07, 6.45) is 3.94. The molecule has 40 heavy (non-hydrogen) atoms. The van der Waals surface area contributed by atoms with Crippen molar-refractivity contribution >= 4 is 17.7 Å². The minimum atomic E-state index is -0.816. The zero-order chi connectivity index (χ0) is 28.9. The Hall–Kier alpha value is -3.43. The molecule has 2 bridgehead atoms. The summed E-state index contributed by atoms with van der Waals surface area (Å²) >= 11 is 0. The van der Waals surface area contributed by atoms with Crippen molar-refractivity contribution in [2.45, 2.75) is 57.9 Å². The average molecular weight is 553 g/mol. The van der Waals surface area contributed by atoms with Gasteiger partial charge in [0.05, 0.1) is 12.5 Å². The number of nitrogens with one attached hydrogen (secondary N) is 3. The lowest BCUT2D eigenvalue weighted by Crippen LogP contribution is -2.52. The molecule has 3 amide bonds. The molecule has 0 aliphatic carbocycles. The normalized spacial score (nSPS) is 20.1. The molecule has 0 spiro atoms. The smallest absolute Gasteiger partial charge is 0.247 e. The van der Waals surface area contributed by atoms with Crippen LogP contribution in [0.25, 0.3) is 0 Å². The Morgan fingerprint density at radius 1 is 1.05 bits per heavy atom. The summed E-state index contributed by atoms with van der Waals surface area (Å²) in [6.45, 7) is 3.63. The van der Waals surface area contributed by atoms with Crippen LogP contribution in [-0.2, 0) is 27.2 Å². The highest BCUT2D eigenvalue weighted by Crippen LogP contribution is 2.26. The van der Waals surface area contributed by atoms with Crippen LogP contribution in [0.2, 0.25) is 0 Å². The van der Waals surface area contributed by atoms with Crippen LogP contribution in [-0.4, -0.2) is 67.7 Å². The van der Waals surface area contributed by atoms with Crippen molar-refractivity contribution in [1.82, 2.24) is 21.0 Å². The molecule has 0 radical (unpaired) electrons. The van der Waals surface area contributed by atoms with Crippen LogP contribution in [0.5, 0.6) is 5.75 Å². The van der Waals surface area contributed by atoms with Gasteiger partial charge in [0.2, 0.25) is 17.7 Å². The van der Waals surface area contributed by atoms with Gasteiger partial charge in [-0.2, -0.15) is 0 Å². The monoisotopic (exact) mass is 552 g/mol. The summed E-state index contributed by atoms with van der Waals surface area (Å²) in [6, 6.07) is 15.0. The van der Waals surface area contributed by atoms with Crippen molar-refractivity contribution in [2.24, 2.45) is 11.8 Å². The Morgan fingerprint density at radius 3 is 2.45 bits per heavy atom. The molecule has 2 heterocycles. The Bertz CT molecular complexity index is 1090. The predicted molar refractivity (Wildman–Crippen MR) is 154 cm³/mol. The van der Waals surface area contributed by atoms with Crippen LogP contribution in [0, 0.1) is 18.8 Å². The third kappa shape index (κ3) is 9.95. The molecule has 218 valence electrons. The number of hydrogen-bond acceptors (Lipinski definition) is 6. The Balaban J connectivity index is 1.84. The van der Waals surface area contributed by atoms with E-state index in [1.807, 2.05) is 50.2 Å². The molecule has 2 aliphatic rings. The summed E-state index contributed by atoms with van der Waals surface area (Å²) in [5.41, 5.74) is 5.00. The van der Waals surface area contributed by atoms with Crippen molar-refractivity contribution in [3.63, 3.8) is 0 Å². The van der Waals surface area contributed by atoms with Crippen molar-refractivity contribution < 1.29 is 24.3 Å². The summed E-state index contributed by atoms with van der Waals surface area (Å²) in [5, 5.41) is 15.4. The van der Waals surface area contributed by atoms with E-state index in [4.69, 9.17) is 4.74 Å². The van der Waals surface area contributed by atoms with Crippen LogP contribution in [0.15, 0.2) is 48.5 Å². The Labute approximate surface area is 237 Å². The number of hydrogen-bond donors (Lipinski definition) is 4. The summed E-state index contributed by atoms with van der Waals surface area (Å²) in [5.74, 6) is -1.93. The van der Waals surface area contributed by atoms with Gasteiger partial charge >= 0.3 is 0 Å². The minimum Gasteiger partial charge on any atom is -0.494 e. The molecule has 0 fully saturated rings. The number of fused-ring (bicyclic) bond motifs is 12. The second-order valence-corrected chi connectivity index (χ2v) is 10.9. The highest BCUT2D eigenvalue weighted by molar-refractivity contribution is 5.91. The Kier molecular flexibility index (Phi) is 12.4. The Morgan fingerprint density at radius 2 is 1.77 bits per heavy atom. The largest absolute Gasteiger partial charge is 0.494 e. The van der Waals surface area contributed by atoms with Crippen LogP contribution in [0.3, 0.4) is 0 Å². The van der Waals surface area contributed by atoms with Gasteiger partial charge < -0.3 is 20.3 Å². The summed E-state index contributed by atoms with van der Waals surface area (Å²) < 4.78 is 5.86.